The first-order valence-corrected chi connectivity index (χ1v) is 7.57. The van der Waals surface area contributed by atoms with Gasteiger partial charge in [0.1, 0.15) is 0 Å². The minimum Gasteiger partial charge on any atom is -0.274 e. The van der Waals surface area contributed by atoms with Gasteiger partial charge in [-0.15, -0.1) is 0 Å². The summed E-state index contributed by atoms with van der Waals surface area (Å²) in [6, 6.07) is 7.38. The van der Waals surface area contributed by atoms with Gasteiger partial charge in [-0.1, -0.05) is 23.3 Å². The molecule has 1 aliphatic heterocycles. The zero-order valence-corrected chi connectivity index (χ0v) is 13.1. The second-order valence-corrected chi connectivity index (χ2v) is 6.50. The van der Waals surface area contributed by atoms with Crippen molar-refractivity contribution in [2.75, 3.05) is 4.90 Å². The second-order valence-electron chi connectivity index (χ2n) is 5.65. The van der Waals surface area contributed by atoms with E-state index in [1.807, 2.05) is 24.3 Å². The van der Waals surface area contributed by atoms with Crippen LogP contribution in [-0.4, -0.2) is 11.8 Å². The molecule has 1 aliphatic carbocycles. The maximum atomic E-state index is 12.6. The lowest BCUT2D eigenvalue weighted by Crippen LogP contribution is -2.31. The minimum atomic E-state index is -0.182. The molecule has 3 rings (SSSR count). The van der Waals surface area contributed by atoms with Gasteiger partial charge in [-0.2, -0.15) is 0 Å². The number of allylic oxidation sites excluding steroid dienone is 2. The van der Waals surface area contributed by atoms with Crippen LogP contribution in [0.3, 0.4) is 0 Å². The van der Waals surface area contributed by atoms with Crippen LogP contribution in [0.2, 0.25) is 0 Å². The highest BCUT2D eigenvalue weighted by atomic mass is 79.9. The summed E-state index contributed by atoms with van der Waals surface area (Å²) in [4.78, 5) is 26.6. The molecule has 3 nitrogen and oxygen atoms in total. The van der Waals surface area contributed by atoms with Gasteiger partial charge in [-0.05, 0) is 54.8 Å². The fourth-order valence-electron chi connectivity index (χ4n) is 3.12. The molecule has 2 unspecified atom stereocenters. The molecule has 0 saturated carbocycles. The predicted molar refractivity (Wildman–Crippen MR) is 81.2 cm³/mol. The van der Waals surface area contributed by atoms with E-state index < -0.39 is 0 Å². The molecule has 1 fully saturated rings. The van der Waals surface area contributed by atoms with Crippen LogP contribution in [-0.2, 0) is 9.59 Å². The Morgan fingerprint density at radius 2 is 1.50 bits per heavy atom. The molecule has 0 radical (unpaired) electrons. The molecule has 20 heavy (non-hydrogen) atoms. The van der Waals surface area contributed by atoms with Gasteiger partial charge in [0.15, 0.2) is 0 Å². The Kier molecular flexibility index (Phi) is 3.28. The molecule has 104 valence electrons. The van der Waals surface area contributed by atoms with Crippen molar-refractivity contribution in [1.82, 2.24) is 0 Å². The smallest absolute Gasteiger partial charge is 0.238 e. The van der Waals surface area contributed by atoms with E-state index in [4.69, 9.17) is 0 Å². The number of fused-ring (bicyclic) bond motifs is 1. The van der Waals surface area contributed by atoms with Crippen LogP contribution in [0, 0.1) is 11.8 Å². The van der Waals surface area contributed by atoms with Crippen LogP contribution in [0.5, 0.6) is 0 Å². The van der Waals surface area contributed by atoms with Gasteiger partial charge in [0.2, 0.25) is 11.8 Å². The van der Waals surface area contributed by atoms with Crippen LogP contribution in [0.4, 0.5) is 5.69 Å². The number of carbonyl (C=O) groups is 2. The number of benzene rings is 1. The van der Waals surface area contributed by atoms with E-state index in [0.717, 1.165) is 4.47 Å². The van der Waals surface area contributed by atoms with E-state index in [1.165, 1.54) is 16.0 Å². The summed E-state index contributed by atoms with van der Waals surface area (Å²) in [5.41, 5.74) is 3.16. The summed E-state index contributed by atoms with van der Waals surface area (Å²) in [7, 11) is 0. The highest BCUT2D eigenvalue weighted by molar-refractivity contribution is 9.10. The molecule has 2 amide bonds. The van der Waals surface area contributed by atoms with Gasteiger partial charge >= 0.3 is 0 Å². The zero-order valence-electron chi connectivity index (χ0n) is 11.5. The van der Waals surface area contributed by atoms with Gasteiger partial charge in [0.05, 0.1) is 17.5 Å². The summed E-state index contributed by atoms with van der Waals surface area (Å²) < 4.78 is 0.779. The fourth-order valence-corrected chi connectivity index (χ4v) is 3.58. The van der Waals surface area contributed by atoms with E-state index >= 15 is 0 Å². The number of hydrogen-bond donors (Lipinski definition) is 0. The van der Waals surface area contributed by atoms with E-state index in [0.29, 0.717) is 18.5 Å². The van der Waals surface area contributed by atoms with Crippen LogP contribution in [0.1, 0.15) is 26.7 Å². The van der Waals surface area contributed by atoms with E-state index in [9.17, 15) is 9.59 Å². The molecule has 0 aromatic heterocycles. The molecular formula is C16H16BrNO2. The topological polar surface area (TPSA) is 37.4 Å². The Morgan fingerprint density at radius 1 is 1.00 bits per heavy atom. The third-order valence-corrected chi connectivity index (χ3v) is 5.11. The largest absolute Gasteiger partial charge is 0.274 e. The first-order valence-electron chi connectivity index (χ1n) is 6.78. The molecule has 0 N–H and O–H groups in total. The standard InChI is InChI=1S/C16H16BrNO2/c1-9-7-11-12(8-10(9)2)16(20)18(15(11)19)14-6-4-3-5-13(14)17/h3-6,11-12H,7-8H2,1-2H3. The number of amides is 2. The van der Waals surface area contributed by atoms with Gasteiger partial charge in [-0.25, -0.2) is 4.90 Å². The van der Waals surface area contributed by atoms with E-state index in [-0.39, 0.29) is 23.7 Å². The number of rotatable bonds is 1. The first kappa shape index (κ1) is 13.6. The van der Waals surface area contributed by atoms with Crippen molar-refractivity contribution in [1.29, 1.82) is 0 Å². The molecule has 0 spiro atoms. The number of carbonyl (C=O) groups excluding carboxylic acids is 2. The lowest BCUT2D eigenvalue weighted by Gasteiger charge is -2.23. The maximum Gasteiger partial charge on any atom is 0.238 e. The summed E-state index contributed by atoms with van der Waals surface area (Å²) in [6.07, 6.45) is 1.42. The lowest BCUT2D eigenvalue weighted by molar-refractivity contribution is -0.122. The van der Waals surface area contributed by atoms with Crippen LogP contribution in [0.15, 0.2) is 39.9 Å². The zero-order chi connectivity index (χ0) is 14.4. The van der Waals surface area contributed by atoms with E-state index in [1.54, 1.807) is 0 Å². The molecule has 1 aromatic carbocycles. The Balaban J connectivity index is 2.00. The van der Waals surface area contributed by atoms with Crippen molar-refractivity contribution >= 4 is 33.4 Å². The van der Waals surface area contributed by atoms with Crippen LogP contribution >= 0.6 is 15.9 Å². The number of halogens is 1. The van der Waals surface area contributed by atoms with Gasteiger partial charge in [0, 0.05) is 4.47 Å². The Labute approximate surface area is 126 Å². The van der Waals surface area contributed by atoms with Crippen molar-refractivity contribution in [2.45, 2.75) is 26.7 Å². The quantitative estimate of drug-likeness (QED) is 0.580. The molecular weight excluding hydrogens is 318 g/mol. The Bertz CT molecular complexity index is 603. The molecule has 4 heteroatoms. The van der Waals surface area contributed by atoms with Crippen molar-refractivity contribution < 1.29 is 9.59 Å². The summed E-state index contributed by atoms with van der Waals surface area (Å²) in [5.74, 6) is -0.478. The fraction of sp³-hybridized carbons (Fsp3) is 0.375. The van der Waals surface area contributed by atoms with Crippen LogP contribution in [0.25, 0.3) is 0 Å². The van der Waals surface area contributed by atoms with Crippen molar-refractivity contribution in [2.24, 2.45) is 11.8 Å². The monoisotopic (exact) mass is 333 g/mol. The summed E-state index contributed by atoms with van der Waals surface area (Å²) in [5, 5.41) is 0. The predicted octanol–water partition coefficient (Wildman–Crippen LogP) is 3.68. The number of imide groups is 1. The number of hydrogen-bond acceptors (Lipinski definition) is 2. The SMILES string of the molecule is CC1=C(C)CC2C(=O)N(c3ccccc3Br)C(=O)C2C1. The Morgan fingerprint density at radius 3 is 2.00 bits per heavy atom. The number of anilines is 1. The van der Waals surface area contributed by atoms with Gasteiger partial charge in [0.25, 0.3) is 0 Å². The molecule has 1 heterocycles. The molecule has 0 bridgehead atoms. The average molecular weight is 334 g/mol. The third-order valence-electron chi connectivity index (χ3n) is 4.43. The second kappa shape index (κ2) is 4.85. The van der Waals surface area contributed by atoms with Crippen molar-refractivity contribution in [3.63, 3.8) is 0 Å². The van der Waals surface area contributed by atoms with Gasteiger partial charge < -0.3 is 0 Å². The Hall–Kier alpha value is -1.42. The molecule has 2 aliphatic rings. The molecule has 1 saturated heterocycles. The molecule has 2 atom stereocenters. The van der Waals surface area contributed by atoms with Crippen molar-refractivity contribution in [3.05, 3.63) is 39.9 Å². The maximum absolute atomic E-state index is 12.6. The van der Waals surface area contributed by atoms with Gasteiger partial charge in [-0.3, -0.25) is 9.59 Å². The molecule has 1 aromatic rings. The minimum absolute atomic E-state index is 0.0567. The lowest BCUT2D eigenvalue weighted by atomic mass is 9.78. The number of nitrogens with zero attached hydrogens (tertiary/aromatic N) is 1. The average Bonchev–Trinajstić information content (AvgIpc) is 2.64. The third kappa shape index (κ3) is 1.94. The van der Waals surface area contributed by atoms with Crippen LogP contribution < -0.4 is 4.90 Å². The highest BCUT2D eigenvalue weighted by Gasteiger charge is 2.49. The van der Waals surface area contributed by atoms with Crippen molar-refractivity contribution in [3.8, 4) is 0 Å². The summed E-state index contributed by atoms with van der Waals surface area (Å²) >= 11 is 3.43. The highest BCUT2D eigenvalue weighted by Crippen LogP contribution is 2.43. The number of para-hydroxylation sites is 1. The van der Waals surface area contributed by atoms with E-state index in [2.05, 4.69) is 29.8 Å². The summed E-state index contributed by atoms with van der Waals surface area (Å²) in [6.45, 7) is 4.12. The normalized spacial score (nSPS) is 26.2. The first-order chi connectivity index (χ1) is 9.50.